The van der Waals surface area contributed by atoms with Crippen LogP contribution < -0.4 is 11.1 Å². The van der Waals surface area contributed by atoms with Crippen molar-refractivity contribution in [2.24, 2.45) is 11.7 Å². The van der Waals surface area contributed by atoms with E-state index >= 15 is 0 Å². The molecule has 1 aromatic rings. The Kier molecular flexibility index (Phi) is 9.67. The molecule has 0 spiro atoms. The molecule has 0 saturated heterocycles. The third-order valence-electron chi connectivity index (χ3n) is 4.66. The highest BCUT2D eigenvalue weighted by molar-refractivity contribution is 6.31. The van der Waals surface area contributed by atoms with Gasteiger partial charge >= 0.3 is 0 Å². The van der Waals surface area contributed by atoms with Crippen LogP contribution in [0.3, 0.4) is 0 Å². The van der Waals surface area contributed by atoms with Gasteiger partial charge in [0.1, 0.15) is 6.10 Å². The van der Waals surface area contributed by atoms with Gasteiger partial charge in [-0.15, -0.1) is 12.4 Å². The van der Waals surface area contributed by atoms with Crippen molar-refractivity contribution in [1.82, 2.24) is 5.32 Å². The third kappa shape index (κ3) is 6.60. The second kappa shape index (κ2) is 10.9. The zero-order valence-corrected chi connectivity index (χ0v) is 15.5. The number of hydrogen-bond acceptors (Lipinski definition) is 3. The van der Waals surface area contributed by atoms with Gasteiger partial charge in [0, 0.05) is 17.6 Å². The summed E-state index contributed by atoms with van der Waals surface area (Å²) in [6, 6.07) is 7.06. The molecule has 0 heterocycles. The van der Waals surface area contributed by atoms with E-state index in [-0.39, 0.29) is 18.3 Å². The van der Waals surface area contributed by atoms with Crippen LogP contribution in [0.2, 0.25) is 5.02 Å². The number of amides is 1. The van der Waals surface area contributed by atoms with Gasteiger partial charge in [-0.25, -0.2) is 0 Å². The van der Waals surface area contributed by atoms with Crippen molar-refractivity contribution in [2.45, 2.75) is 57.1 Å². The zero-order chi connectivity index (χ0) is 16.7. The number of nitrogens with two attached hydrogens (primary N) is 1. The number of carbonyl (C=O) groups is 1. The van der Waals surface area contributed by atoms with Gasteiger partial charge in [-0.2, -0.15) is 0 Å². The molecule has 24 heavy (non-hydrogen) atoms. The Morgan fingerprint density at radius 2 is 1.96 bits per heavy atom. The molecule has 1 amide bonds. The lowest BCUT2D eigenvalue weighted by Gasteiger charge is -2.26. The van der Waals surface area contributed by atoms with Gasteiger partial charge in [-0.3, -0.25) is 4.79 Å². The second-order valence-electron chi connectivity index (χ2n) is 6.48. The van der Waals surface area contributed by atoms with E-state index in [2.05, 4.69) is 5.32 Å². The van der Waals surface area contributed by atoms with E-state index in [1.807, 2.05) is 24.3 Å². The monoisotopic (exact) mass is 374 g/mol. The molecular weight excluding hydrogens is 347 g/mol. The molecule has 1 aliphatic carbocycles. The Morgan fingerprint density at radius 1 is 1.29 bits per heavy atom. The molecule has 0 radical (unpaired) electrons. The molecule has 0 aromatic heterocycles. The van der Waals surface area contributed by atoms with Crippen LogP contribution in [0, 0.1) is 5.92 Å². The minimum Gasteiger partial charge on any atom is -0.382 e. The molecule has 1 saturated carbocycles. The van der Waals surface area contributed by atoms with E-state index in [0.29, 0.717) is 23.9 Å². The molecule has 1 fully saturated rings. The van der Waals surface area contributed by atoms with Crippen LogP contribution in [0.5, 0.6) is 0 Å². The first kappa shape index (κ1) is 21.2. The fraction of sp³-hybridized carbons (Fsp3) is 0.611. The number of carbonyl (C=O) groups excluding carboxylic acids is 1. The molecule has 136 valence electrons. The molecule has 0 aliphatic heterocycles. The van der Waals surface area contributed by atoms with Gasteiger partial charge in [0.2, 0.25) is 5.91 Å². The summed E-state index contributed by atoms with van der Waals surface area (Å²) >= 11 is 6.08. The predicted octanol–water partition coefficient (Wildman–Crippen LogP) is 3.08. The highest BCUT2D eigenvalue weighted by atomic mass is 35.5. The van der Waals surface area contributed by atoms with Crippen molar-refractivity contribution in [3.8, 4) is 0 Å². The van der Waals surface area contributed by atoms with Gasteiger partial charge in [-0.05, 0) is 30.4 Å². The number of nitrogens with one attached hydrogen (secondary N) is 1. The second-order valence-corrected chi connectivity index (χ2v) is 6.89. The van der Waals surface area contributed by atoms with E-state index < -0.39 is 12.1 Å². The van der Waals surface area contributed by atoms with Crippen LogP contribution in [-0.4, -0.2) is 29.7 Å². The van der Waals surface area contributed by atoms with Crippen LogP contribution in [-0.2, 0) is 11.2 Å². The standard InChI is InChI=1S/C18H27ClN2O2.ClH/c19-15-9-5-4-8-14(15)10-11-21-18(23)17(22)16(20)12-13-6-2-1-3-7-13;/h4-5,8-9,13,16-17,22H,1-3,6-7,10-12,20H2,(H,21,23);1H/t16-,17?;/m1./s1. The van der Waals surface area contributed by atoms with Crippen molar-refractivity contribution in [3.05, 3.63) is 34.9 Å². The van der Waals surface area contributed by atoms with E-state index in [9.17, 15) is 9.90 Å². The average molecular weight is 375 g/mol. The summed E-state index contributed by atoms with van der Waals surface area (Å²) in [5.74, 6) is 0.157. The summed E-state index contributed by atoms with van der Waals surface area (Å²) in [7, 11) is 0. The fourth-order valence-corrected chi connectivity index (χ4v) is 3.49. The summed E-state index contributed by atoms with van der Waals surface area (Å²) in [5, 5.41) is 13.5. The van der Waals surface area contributed by atoms with Crippen molar-refractivity contribution >= 4 is 29.9 Å². The zero-order valence-electron chi connectivity index (χ0n) is 13.9. The van der Waals surface area contributed by atoms with Crippen molar-refractivity contribution < 1.29 is 9.90 Å². The Labute approximate surface area is 155 Å². The average Bonchev–Trinajstić information content (AvgIpc) is 2.56. The highest BCUT2D eigenvalue weighted by Gasteiger charge is 2.26. The van der Waals surface area contributed by atoms with Gasteiger partial charge in [0.05, 0.1) is 0 Å². The number of aliphatic hydroxyl groups is 1. The minimum absolute atomic E-state index is 0. The fourth-order valence-electron chi connectivity index (χ4n) is 3.26. The maximum atomic E-state index is 12.0. The van der Waals surface area contributed by atoms with Crippen molar-refractivity contribution in [1.29, 1.82) is 0 Å². The first-order valence-corrected chi connectivity index (χ1v) is 8.90. The molecular formula is C18H28Cl2N2O2. The molecule has 1 aliphatic rings. The molecule has 6 heteroatoms. The van der Waals surface area contributed by atoms with Gasteiger partial charge in [0.25, 0.3) is 0 Å². The van der Waals surface area contributed by atoms with Gasteiger partial charge < -0.3 is 16.2 Å². The minimum atomic E-state index is -1.14. The molecule has 2 rings (SSSR count). The first-order chi connectivity index (χ1) is 11.1. The quantitative estimate of drug-likeness (QED) is 0.686. The maximum absolute atomic E-state index is 12.0. The Hall–Kier alpha value is -0.810. The lowest BCUT2D eigenvalue weighted by atomic mass is 9.84. The Bertz CT molecular complexity index is 508. The van der Waals surface area contributed by atoms with E-state index in [0.717, 1.165) is 24.8 Å². The Balaban J connectivity index is 0.00000288. The number of aliphatic hydroxyl groups excluding tert-OH is 1. The van der Waals surface area contributed by atoms with E-state index in [1.165, 1.54) is 19.3 Å². The summed E-state index contributed by atoms with van der Waals surface area (Å²) in [4.78, 5) is 12.0. The van der Waals surface area contributed by atoms with Crippen LogP contribution in [0.25, 0.3) is 0 Å². The number of halogens is 2. The van der Waals surface area contributed by atoms with Crippen molar-refractivity contribution in [3.63, 3.8) is 0 Å². The molecule has 1 unspecified atom stereocenters. The number of hydrogen-bond donors (Lipinski definition) is 3. The molecule has 4 nitrogen and oxygen atoms in total. The summed E-state index contributed by atoms with van der Waals surface area (Å²) in [5.41, 5.74) is 7.01. The van der Waals surface area contributed by atoms with E-state index in [1.54, 1.807) is 0 Å². The van der Waals surface area contributed by atoms with Gasteiger partial charge in [0.15, 0.2) is 0 Å². The molecule has 4 N–H and O–H groups in total. The van der Waals surface area contributed by atoms with Crippen LogP contribution in [0.4, 0.5) is 0 Å². The third-order valence-corrected chi connectivity index (χ3v) is 5.02. The Morgan fingerprint density at radius 3 is 2.62 bits per heavy atom. The molecule has 1 aromatic carbocycles. The molecule has 0 bridgehead atoms. The summed E-state index contributed by atoms with van der Waals surface area (Å²) < 4.78 is 0. The smallest absolute Gasteiger partial charge is 0.250 e. The lowest BCUT2D eigenvalue weighted by molar-refractivity contribution is -0.130. The first-order valence-electron chi connectivity index (χ1n) is 8.52. The van der Waals surface area contributed by atoms with Crippen LogP contribution >= 0.6 is 24.0 Å². The van der Waals surface area contributed by atoms with Crippen LogP contribution in [0.15, 0.2) is 24.3 Å². The number of rotatable bonds is 7. The normalized spacial score (nSPS) is 17.6. The summed E-state index contributed by atoms with van der Waals surface area (Å²) in [6.07, 6.45) is 6.30. The van der Waals surface area contributed by atoms with Gasteiger partial charge in [-0.1, -0.05) is 61.9 Å². The van der Waals surface area contributed by atoms with Crippen LogP contribution in [0.1, 0.15) is 44.1 Å². The maximum Gasteiger partial charge on any atom is 0.250 e. The predicted molar refractivity (Wildman–Crippen MR) is 101 cm³/mol. The SMILES string of the molecule is Cl.N[C@H](CC1CCCCC1)C(O)C(=O)NCCc1ccccc1Cl. The topological polar surface area (TPSA) is 75.3 Å². The van der Waals surface area contributed by atoms with Crippen molar-refractivity contribution in [2.75, 3.05) is 6.54 Å². The van der Waals surface area contributed by atoms with E-state index in [4.69, 9.17) is 17.3 Å². The largest absolute Gasteiger partial charge is 0.382 e. The molecule has 2 atom stereocenters. The summed E-state index contributed by atoms with van der Waals surface area (Å²) in [6.45, 7) is 0.440. The number of benzene rings is 1. The highest BCUT2D eigenvalue weighted by Crippen LogP contribution is 2.27. The lowest BCUT2D eigenvalue weighted by Crippen LogP contribution is -2.47.